The van der Waals surface area contributed by atoms with Gasteiger partial charge in [0.25, 0.3) is 0 Å². The summed E-state index contributed by atoms with van der Waals surface area (Å²) in [6.07, 6.45) is 0.808. The van der Waals surface area contributed by atoms with Gasteiger partial charge in [0.1, 0.15) is 6.04 Å². The van der Waals surface area contributed by atoms with E-state index >= 15 is 0 Å². The van der Waals surface area contributed by atoms with Gasteiger partial charge in [-0.3, -0.25) is 9.59 Å². The van der Waals surface area contributed by atoms with Crippen LogP contribution in [-0.2, 0) is 26.0 Å². The van der Waals surface area contributed by atoms with Crippen molar-refractivity contribution in [3.8, 4) is 0 Å². The molecule has 8 heteroatoms. The van der Waals surface area contributed by atoms with Crippen LogP contribution in [0.3, 0.4) is 0 Å². The van der Waals surface area contributed by atoms with Gasteiger partial charge in [0, 0.05) is 26.6 Å². The van der Waals surface area contributed by atoms with Gasteiger partial charge >= 0.3 is 5.97 Å². The minimum absolute atomic E-state index is 0.0391. The zero-order valence-corrected chi connectivity index (χ0v) is 16.4. The van der Waals surface area contributed by atoms with Crippen LogP contribution in [-0.4, -0.2) is 60.3 Å². The second-order valence-electron chi connectivity index (χ2n) is 7.82. The van der Waals surface area contributed by atoms with Crippen LogP contribution in [0.1, 0.15) is 33.3 Å². The topological polar surface area (TPSA) is 95.0 Å². The van der Waals surface area contributed by atoms with Crippen molar-refractivity contribution in [2.24, 2.45) is 5.41 Å². The van der Waals surface area contributed by atoms with Crippen LogP contribution in [0.5, 0.6) is 0 Å². The van der Waals surface area contributed by atoms with Gasteiger partial charge in [0.2, 0.25) is 15.9 Å². The monoisotopic (exact) mass is 382 g/mol. The number of sulfonamides is 1. The molecule has 7 nitrogen and oxygen atoms in total. The Labute approximate surface area is 154 Å². The predicted octanol–water partition coefficient (Wildman–Crippen LogP) is 1.58. The van der Waals surface area contributed by atoms with Gasteiger partial charge in [0.15, 0.2) is 0 Å². The van der Waals surface area contributed by atoms with Gasteiger partial charge in [-0.25, -0.2) is 8.42 Å². The van der Waals surface area contributed by atoms with Gasteiger partial charge in [-0.15, -0.1) is 0 Å². The van der Waals surface area contributed by atoms with E-state index in [1.54, 1.807) is 12.1 Å². The number of aliphatic carboxylic acids is 1. The Morgan fingerprint density at radius 1 is 1.15 bits per heavy atom. The third kappa shape index (κ3) is 4.62. The van der Waals surface area contributed by atoms with E-state index in [0.29, 0.717) is 0 Å². The fourth-order valence-corrected chi connectivity index (χ4v) is 4.63. The first kappa shape index (κ1) is 20.4. The molecule has 26 heavy (non-hydrogen) atoms. The van der Waals surface area contributed by atoms with Crippen molar-refractivity contribution in [2.75, 3.05) is 19.6 Å². The molecule has 144 valence electrons. The lowest BCUT2D eigenvalue weighted by molar-refractivity contribution is -0.145. The second kappa shape index (κ2) is 7.36. The van der Waals surface area contributed by atoms with E-state index in [1.165, 1.54) is 24.0 Å². The molecule has 1 aromatic rings. The number of carbonyl (C=O) groups excluding carboxylic acids is 1. The molecule has 1 heterocycles. The van der Waals surface area contributed by atoms with Crippen LogP contribution in [0.2, 0.25) is 0 Å². The molecule has 1 aliphatic heterocycles. The predicted molar refractivity (Wildman–Crippen MR) is 97.2 cm³/mol. The summed E-state index contributed by atoms with van der Waals surface area (Å²) in [6, 6.07) is 5.28. The fraction of sp³-hybridized carbons (Fsp3) is 0.556. The normalized spacial score (nSPS) is 19.4. The maximum Gasteiger partial charge on any atom is 0.323 e. The van der Waals surface area contributed by atoms with Crippen molar-refractivity contribution >= 4 is 21.9 Å². The highest BCUT2D eigenvalue weighted by molar-refractivity contribution is 7.89. The van der Waals surface area contributed by atoms with E-state index in [9.17, 15) is 23.1 Å². The summed E-state index contributed by atoms with van der Waals surface area (Å²) in [5, 5.41) is 9.45. The Hall–Kier alpha value is -1.93. The largest absolute Gasteiger partial charge is 0.480 e. The smallest absolute Gasteiger partial charge is 0.323 e. The molecular formula is C18H26N2O5S. The van der Waals surface area contributed by atoms with E-state index in [4.69, 9.17) is 0 Å². The fourth-order valence-electron chi connectivity index (χ4n) is 3.07. The molecule has 0 radical (unpaired) electrons. The molecule has 2 rings (SSSR count). The number of nitrogens with zero attached hydrogens (tertiary/aromatic N) is 2. The average molecular weight is 382 g/mol. The SMILES string of the molecule is CC(=O)N1CCN(S(=O)(=O)c2ccc(CC(C)(C)C)cc2)[C@@H](C(=O)O)C1. The van der Waals surface area contributed by atoms with Gasteiger partial charge in [-0.1, -0.05) is 32.9 Å². The van der Waals surface area contributed by atoms with Crippen molar-refractivity contribution in [3.63, 3.8) is 0 Å². The Bertz CT molecular complexity index is 781. The maximum absolute atomic E-state index is 12.9. The molecule has 1 fully saturated rings. The summed E-state index contributed by atoms with van der Waals surface area (Å²) in [5.41, 5.74) is 1.10. The summed E-state index contributed by atoms with van der Waals surface area (Å²) in [6.45, 7) is 7.64. The van der Waals surface area contributed by atoms with Crippen molar-refractivity contribution in [1.82, 2.24) is 9.21 Å². The number of amides is 1. The molecule has 0 unspecified atom stereocenters. The molecule has 1 atom stereocenters. The maximum atomic E-state index is 12.9. The number of rotatable bonds is 4. The van der Waals surface area contributed by atoms with Crippen LogP contribution < -0.4 is 0 Å². The van der Waals surface area contributed by atoms with Crippen molar-refractivity contribution in [2.45, 2.75) is 45.1 Å². The number of benzene rings is 1. The molecule has 1 aliphatic rings. The number of carbonyl (C=O) groups is 2. The Morgan fingerprint density at radius 2 is 1.73 bits per heavy atom. The number of hydrogen-bond acceptors (Lipinski definition) is 4. The lowest BCUT2D eigenvalue weighted by Gasteiger charge is -2.38. The van der Waals surface area contributed by atoms with Crippen molar-refractivity contribution < 1.29 is 23.1 Å². The first-order valence-corrected chi connectivity index (χ1v) is 9.95. The quantitative estimate of drug-likeness (QED) is 0.853. The van der Waals surface area contributed by atoms with Crippen LogP contribution in [0.25, 0.3) is 0 Å². The van der Waals surface area contributed by atoms with Crippen molar-refractivity contribution in [3.05, 3.63) is 29.8 Å². The molecule has 0 aliphatic carbocycles. The van der Waals surface area contributed by atoms with Gasteiger partial charge in [0.05, 0.1) is 4.90 Å². The lowest BCUT2D eigenvalue weighted by Crippen LogP contribution is -2.58. The van der Waals surface area contributed by atoms with Crippen LogP contribution in [0.15, 0.2) is 29.2 Å². The highest BCUT2D eigenvalue weighted by Crippen LogP contribution is 2.25. The number of piperazine rings is 1. The average Bonchev–Trinajstić information content (AvgIpc) is 2.53. The Morgan fingerprint density at radius 3 is 2.19 bits per heavy atom. The van der Waals surface area contributed by atoms with E-state index < -0.39 is 22.0 Å². The minimum atomic E-state index is -3.95. The zero-order chi connectivity index (χ0) is 19.7. The van der Waals surface area contributed by atoms with Crippen LogP contribution in [0.4, 0.5) is 0 Å². The highest BCUT2D eigenvalue weighted by Gasteiger charge is 2.40. The molecule has 1 saturated heterocycles. The first-order valence-electron chi connectivity index (χ1n) is 8.51. The number of carboxylic acids is 1. The molecule has 0 spiro atoms. The molecule has 0 bridgehead atoms. The van der Waals surface area contributed by atoms with Crippen molar-refractivity contribution in [1.29, 1.82) is 0 Å². The van der Waals surface area contributed by atoms with Crippen LogP contribution in [0, 0.1) is 5.41 Å². The molecule has 0 aromatic heterocycles. The molecule has 0 saturated carbocycles. The Kier molecular flexibility index (Phi) is 5.77. The van der Waals surface area contributed by atoms with Gasteiger partial charge in [-0.05, 0) is 29.5 Å². The van der Waals surface area contributed by atoms with E-state index in [2.05, 4.69) is 20.8 Å². The third-order valence-corrected chi connectivity index (χ3v) is 6.25. The van der Waals surface area contributed by atoms with E-state index in [1.807, 2.05) is 0 Å². The number of carboxylic acid groups (broad SMARTS) is 1. The first-order chi connectivity index (χ1) is 11.9. The third-order valence-electron chi connectivity index (χ3n) is 4.33. The standard InChI is InChI=1S/C18H26N2O5S/c1-13(21)19-9-10-20(16(12-19)17(22)23)26(24,25)15-7-5-14(6-8-15)11-18(2,3)4/h5-8,16H,9-12H2,1-4H3,(H,22,23)/t16-/m1/s1. The molecule has 1 aromatic carbocycles. The molecular weight excluding hydrogens is 356 g/mol. The highest BCUT2D eigenvalue weighted by atomic mass is 32.2. The minimum Gasteiger partial charge on any atom is -0.480 e. The summed E-state index contributed by atoms with van der Waals surface area (Å²) in [7, 11) is -3.95. The molecule has 1 amide bonds. The summed E-state index contributed by atoms with van der Waals surface area (Å²) < 4.78 is 26.8. The zero-order valence-electron chi connectivity index (χ0n) is 15.6. The van der Waals surface area contributed by atoms with E-state index in [0.717, 1.165) is 16.3 Å². The summed E-state index contributed by atoms with van der Waals surface area (Å²) in [5.74, 6) is -1.52. The summed E-state index contributed by atoms with van der Waals surface area (Å²) in [4.78, 5) is 24.5. The van der Waals surface area contributed by atoms with Crippen LogP contribution >= 0.6 is 0 Å². The lowest BCUT2D eigenvalue weighted by atomic mass is 9.88. The van der Waals surface area contributed by atoms with Gasteiger partial charge < -0.3 is 10.0 Å². The van der Waals surface area contributed by atoms with Gasteiger partial charge in [-0.2, -0.15) is 4.31 Å². The number of hydrogen-bond donors (Lipinski definition) is 1. The Balaban J connectivity index is 2.28. The van der Waals surface area contributed by atoms with E-state index in [-0.39, 0.29) is 35.9 Å². The summed E-state index contributed by atoms with van der Waals surface area (Å²) >= 11 is 0. The second-order valence-corrected chi connectivity index (χ2v) is 9.71. The molecule has 1 N–H and O–H groups in total.